The number of pyridine rings is 1. The van der Waals surface area contributed by atoms with Crippen LogP contribution < -0.4 is 5.56 Å². The summed E-state index contributed by atoms with van der Waals surface area (Å²) in [6, 6.07) is 13.4. The molecule has 7 nitrogen and oxygen atoms in total. The molecule has 1 saturated heterocycles. The van der Waals surface area contributed by atoms with Crippen LogP contribution in [-0.4, -0.2) is 58.5 Å². The van der Waals surface area contributed by atoms with E-state index in [1.165, 1.54) is 28.2 Å². The van der Waals surface area contributed by atoms with Gasteiger partial charge in [-0.1, -0.05) is 30.3 Å². The summed E-state index contributed by atoms with van der Waals surface area (Å²) in [6.45, 7) is 2.84. The highest BCUT2D eigenvalue weighted by Gasteiger charge is 2.49. The van der Waals surface area contributed by atoms with E-state index in [-0.39, 0.29) is 17.2 Å². The fourth-order valence-corrected chi connectivity index (χ4v) is 4.22. The van der Waals surface area contributed by atoms with E-state index in [0.29, 0.717) is 19.4 Å². The van der Waals surface area contributed by atoms with Gasteiger partial charge in [0.15, 0.2) is 0 Å². The molecule has 0 bridgehead atoms. The second-order valence-electron chi connectivity index (χ2n) is 8.11. The van der Waals surface area contributed by atoms with Gasteiger partial charge >= 0.3 is 5.97 Å². The van der Waals surface area contributed by atoms with Gasteiger partial charge in [-0.05, 0) is 44.5 Å². The van der Waals surface area contributed by atoms with Gasteiger partial charge in [-0.2, -0.15) is 0 Å². The minimum atomic E-state index is -1.15. The number of ether oxygens (including phenoxy) is 1. The number of hydrogen-bond acceptors (Lipinski definition) is 5. The van der Waals surface area contributed by atoms with Crippen molar-refractivity contribution in [2.75, 3.05) is 20.7 Å². The van der Waals surface area contributed by atoms with Gasteiger partial charge in [-0.3, -0.25) is 14.5 Å². The Kier molecular flexibility index (Phi) is 6.41. The maximum atomic E-state index is 13.3. The summed E-state index contributed by atoms with van der Waals surface area (Å²) in [6.07, 6.45) is 2.74. The van der Waals surface area contributed by atoms with Gasteiger partial charge < -0.3 is 14.2 Å². The molecule has 7 heteroatoms. The van der Waals surface area contributed by atoms with Crippen LogP contribution in [0.3, 0.4) is 0 Å². The smallest absolute Gasteiger partial charge is 0.331 e. The number of likely N-dealkylation sites (tertiary alicyclic amines) is 1. The third-order valence-electron chi connectivity index (χ3n) is 6.04. The van der Waals surface area contributed by atoms with Gasteiger partial charge in [0.2, 0.25) is 0 Å². The zero-order valence-corrected chi connectivity index (χ0v) is 18.0. The van der Waals surface area contributed by atoms with E-state index in [2.05, 4.69) is 17.0 Å². The number of aromatic nitrogens is 1. The predicted octanol–water partition coefficient (Wildman–Crippen LogP) is 2.05. The molecule has 1 aromatic heterocycles. The first-order chi connectivity index (χ1) is 14.3. The van der Waals surface area contributed by atoms with Crippen LogP contribution in [-0.2, 0) is 23.1 Å². The summed E-state index contributed by atoms with van der Waals surface area (Å²) < 4.78 is 6.44. The largest absolute Gasteiger partial charge is 0.467 e. The first-order valence-corrected chi connectivity index (χ1v) is 10.1. The number of aryl methyl sites for hydroxylation is 1. The third-order valence-corrected chi connectivity index (χ3v) is 6.04. The fraction of sp³-hybridized carbons (Fsp3) is 0.435. The van der Waals surface area contributed by atoms with Crippen LogP contribution >= 0.6 is 0 Å². The lowest BCUT2D eigenvalue weighted by atomic mass is 9.84. The average Bonchev–Trinajstić information content (AvgIpc) is 2.75. The number of carbonyl (C=O) groups excluding carboxylic acids is 2. The van der Waals surface area contributed by atoms with Crippen molar-refractivity contribution in [3.05, 3.63) is 70.1 Å². The molecule has 0 radical (unpaired) electrons. The maximum Gasteiger partial charge on any atom is 0.331 e. The van der Waals surface area contributed by atoms with E-state index in [1.54, 1.807) is 26.2 Å². The summed E-state index contributed by atoms with van der Waals surface area (Å²) in [5, 5.41) is 0. The first kappa shape index (κ1) is 21.8. The maximum absolute atomic E-state index is 13.3. The second kappa shape index (κ2) is 8.83. The molecule has 30 heavy (non-hydrogen) atoms. The fourth-order valence-electron chi connectivity index (χ4n) is 4.22. The lowest BCUT2D eigenvalue weighted by Gasteiger charge is -2.47. The summed E-state index contributed by atoms with van der Waals surface area (Å²) >= 11 is 0. The molecule has 0 unspecified atom stereocenters. The molecule has 1 fully saturated rings. The quantitative estimate of drug-likeness (QED) is 0.705. The molecule has 2 atom stereocenters. The normalized spacial score (nSPS) is 21.5. The van der Waals surface area contributed by atoms with Gasteiger partial charge in [0.25, 0.3) is 11.5 Å². The highest BCUT2D eigenvalue weighted by molar-refractivity contribution is 5.98. The molecule has 0 saturated carbocycles. The van der Waals surface area contributed by atoms with E-state index in [9.17, 15) is 14.4 Å². The van der Waals surface area contributed by atoms with E-state index in [4.69, 9.17) is 4.74 Å². The van der Waals surface area contributed by atoms with Crippen molar-refractivity contribution in [1.29, 1.82) is 0 Å². The number of carbonyl (C=O) groups is 2. The van der Waals surface area contributed by atoms with Crippen LogP contribution in [0.2, 0.25) is 0 Å². The number of nitrogens with zero attached hydrogens (tertiary/aromatic N) is 3. The van der Waals surface area contributed by atoms with Gasteiger partial charge in [0, 0.05) is 32.4 Å². The predicted molar refractivity (Wildman–Crippen MR) is 114 cm³/mol. The summed E-state index contributed by atoms with van der Waals surface area (Å²) in [7, 11) is 4.96. The SMILES string of the molecule is COC(=O)[C@]1(C)C[C@H](N(C)Cc2ccccc2)CCN1C(=O)c1cccn(C)c1=O. The molecule has 3 rings (SSSR count). The van der Waals surface area contributed by atoms with Crippen LogP contribution in [0.4, 0.5) is 0 Å². The average molecular weight is 412 g/mol. The van der Waals surface area contributed by atoms with Crippen molar-refractivity contribution >= 4 is 11.9 Å². The highest BCUT2D eigenvalue weighted by atomic mass is 16.5. The zero-order valence-electron chi connectivity index (χ0n) is 18.0. The Labute approximate surface area is 176 Å². The molecule has 0 spiro atoms. The molecule has 0 N–H and O–H groups in total. The van der Waals surface area contributed by atoms with Crippen LogP contribution in [0.1, 0.15) is 35.7 Å². The lowest BCUT2D eigenvalue weighted by Crippen LogP contribution is -2.62. The number of methoxy groups -OCH3 is 1. The number of amides is 1. The van der Waals surface area contributed by atoms with Crippen LogP contribution in [0.15, 0.2) is 53.5 Å². The van der Waals surface area contributed by atoms with E-state index in [1.807, 2.05) is 25.2 Å². The Morgan fingerprint density at radius 2 is 1.90 bits per heavy atom. The molecule has 2 heterocycles. The van der Waals surface area contributed by atoms with Gasteiger partial charge in [0.1, 0.15) is 11.1 Å². The summed E-state index contributed by atoms with van der Waals surface area (Å²) in [5.41, 5.74) is -0.282. The Morgan fingerprint density at radius 1 is 1.20 bits per heavy atom. The van der Waals surface area contributed by atoms with Gasteiger partial charge in [-0.15, -0.1) is 0 Å². The van der Waals surface area contributed by atoms with Gasteiger partial charge in [0.05, 0.1) is 7.11 Å². The molecule has 1 aliphatic rings. The Hall–Kier alpha value is -2.93. The van der Waals surface area contributed by atoms with E-state index in [0.717, 1.165) is 6.54 Å². The number of benzene rings is 1. The molecule has 0 aliphatic carbocycles. The molecule has 1 amide bonds. The Morgan fingerprint density at radius 3 is 2.57 bits per heavy atom. The lowest BCUT2D eigenvalue weighted by molar-refractivity contribution is -0.156. The van der Waals surface area contributed by atoms with Crippen LogP contribution in [0.5, 0.6) is 0 Å². The number of hydrogen-bond donors (Lipinski definition) is 0. The topological polar surface area (TPSA) is 71.8 Å². The van der Waals surface area contributed by atoms with Crippen molar-refractivity contribution in [2.24, 2.45) is 7.05 Å². The monoisotopic (exact) mass is 411 g/mol. The second-order valence-corrected chi connectivity index (χ2v) is 8.11. The van der Waals surface area contributed by atoms with Crippen molar-refractivity contribution in [3.8, 4) is 0 Å². The van der Waals surface area contributed by atoms with E-state index < -0.39 is 17.4 Å². The van der Waals surface area contributed by atoms with Crippen LogP contribution in [0.25, 0.3) is 0 Å². The van der Waals surface area contributed by atoms with Crippen molar-refractivity contribution in [1.82, 2.24) is 14.4 Å². The summed E-state index contributed by atoms with van der Waals surface area (Å²) in [5.74, 6) is -0.908. The van der Waals surface area contributed by atoms with Crippen molar-refractivity contribution < 1.29 is 14.3 Å². The minimum absolute atomic E-state index is 0.0613. The molecule has 2 aromatic rings. The number of piperidine rings is 1. The van der Waals surface area contributed by atoms with Crippen molar-refractivity contribution in [3.63, 3.8) is 0 Å². The van der Waals surface area contributed by atoms with Crippen LogP contribution in [0, 0.1) is 0 Å². The molecular weight excluding hydrogens is 382 g/mol. The standard InChI is InChI=1S/C23H29N3O4/c1-23(22(29)30-4)15-18(25(3)16-17-9-6-5-7-10-17)12-14-26(23)21(28)19-11-8-13-24(2)20(19)27/h5-11,13,18H,12,14-16H2,1-4H3/t18-,23+/m1/s1. The number of rotatable bonds is 5. The molecule has 160 valence electrons. The third kappa shape index (κ3) is 4.16. The number of esters is 1. The first-order valence-electron chi connectivity index (χ1n) is 10.1. The Balaban J connectivity index is 1.86. The minimum Gasteiger partial charge on any atom is -0.467 e. The molecule has 1 aromatic carbocycles. The molecule has 1 aliphatic heterocycles. The highest BCUT2D eigenvalue weighted by Crippen LogP contribution is 2.33. The molecular formula is C23H29N3O4. The van der Waals surface area contributed by atoms with Gasteiger partial charge in [-0.25, -0.2) is 4.79 Å². The summed E-state index contributed by atoms with van der Waals surface area (Å²) in [4.78, 5) is 42.2. The van der Waals surface area contributed by atoms with E-state index >= 15 is 0 Å². The van der Waals surface area contributed by atoms with Crippen molar-refractivity contribution in [2.45, 2.75) is 37.9 Å². The zero-order chi connectivity index (χ0) is 21.9. The Bertz CT molecular complexity index is 972.